The highest BCUT2D eigenvalue weighted by molar-refractivity contribution is 7.15. The van der Waals surface area contributed by atoms with Gasteiger partial charge in [0.2, 0.25) is 4.96 Å². The van der Waals surface area contributed by atoms with Crippen molar-refractivity contribution in [3.63, 3.8) is 0 Å². The van der Waals surface area contributed by atoms with E-state index in [1.807, 2.05) is 42.5 Å². The Morgan fingerprint density at radius 2 is 1.88 bits per heavy atom. The van der Waals surface area contributed by atoms with Crippen LogP contribution in [0.1, 0.15) is 35.0 Å². The summed E-state index contributed by atoms with van der Waals surface area (Å²) in [5, 5.41) is 4.37. The molecule has 1 atom stereocenters. The van der Waals surface area contributed by atoms with Crippen LogP contribution in [0, 0.1) is 0 Å². The number of thiazole rings is 1. The zero-order chi connectivity index (χ0) is 23.2. The van der Waals surface area contributed by atoms with Gasteiger partial charge in [-0.05, 0) is 31.2 Å². The van der Waals surface area contributed by atoms with Gasteiger partial charge in [0.1, 0.15) is 22.7 Å². The minimum absolute atomic E-state index is 0.00913. The van der Waals surface area contributed by atoms with Gasteiger partial charge < -0.3 is 13.9 Å². The quantitative estimate of drug-likeness (QED) is 0.369. The fourth-order valence-electron chi connectivity index (χ4n) is 3.72. The summed E-state index contributed by atoms with van der Waals surface area (Å²) >= 11 is 1.23. The molecule has 5 aromatic rings. The van der Waals surface area contributed by atoms with E-state index in [9.17, 15) is 9.59 Å². The molecule has 168 valence electrons. The maximum Gasteiger partial charge on any atom is 0.291 e. The lowest BCUT2D eigenvalue weighted by Crippen LogP contribution is -2.26. The summed E-state index contributed by atoms with van der Waals surface area (Å²) < 4.78 is 19.3. The standard InChI is InChI=1S/C25H17N3O5S/c1-14(29)15-6-8-16(9-7-15)18-11-10-17(32-18)12-22-24(30)28-25(34-22)26-23(27-28)21-13-31-19-4-2-3-5-20(19)33-21/h2-12,21H,13H2,1H3. The lowest BCUT2D eigenvalue weighted by Gasteiger charge is -2.24. The molecule has 0 N–H and O–H groups in total. The van der Waals surface area contributed by atoms with Gasteiger partial charge in [-0.25, -0.2) is 0 Å². The highest BCUT2D eigenvalue weighted by Gasteiger charge is 2.27. The van der Waals surface area contributed by atoms with Crippen molar-refractivity contribution < 1.29 is 18.7 Å². The second kappa shape index (κ2) is 7.96. The van der Waals surface area contributed by atoms with Crippen LogP contribution in [-0.2, 0) is 0 Å². The minimum atomic E-state index is -0.490. The second-order valence-corrected chi connectivity index (χ2v) is 8.79. The number of fused-ring (bicyclic) bond motifs is 2. The molecule has 1 aliphatic rings. The maximum atomic E-state index is 12.9. The topological polar surface area (TPSA) is 95.9 Å². The largest absolute Gasteiger partial charge is 0.485 e. The van der Waals surface area contributed by atoms with Gasteiger partial charge in [0.25, 0.3) is 5.56 Å². The molecular formula is C25H17N3O5S. The van der Waals surface area contributed by atoms with Crippen LogP contribution < -0.4 is 19.6 Å². The van der Waals surface area contributed by atoms with E-state index in [1.165, 1.54) is 22.8 Å². The number of Topliss-reactive ketones (excluding diaryl/α,β-unsaturated/α-hetero) is 1. The highest BCUT2D eigenvalue weighted by Crippen LogP contribution is 2.35. The molecule has 0 aliphatic carbocycles. The van der Waals surface area contributed by atoms with Gasteiger partial charge in [0, 0.05) is 17.2 Å². The number of para-hydroxylation sites is 2. The number of aromatic nitrogens is 3. The van der Waals surface area contributed by atoms with Crippen molar-refractivity contribution in [1.29, 1.82) is 0 Å². The first kappa shape index (κ1) is 20.4. The van der Waals surface area contributed by atoms with Crippen LogP contribution in [0.2, 0.25) is 0 Å². The SMILES string of the molecule is CC(=O)c1ccc(-c2ccc(C=c3sc4nc(C5COc6ccccc6O5)nn4c3=O)o2)cc1. The molecule has 6 rings (SSSR count). The summed E-state index contributed by atoms with van der Waals surface area (Å²) in [5.41, 5.74) is 1.21. The van der Waals surface area contributed by atoms with Crippen LogP contribution in [0.3, 0.4) is 0 Å². The predicted molar refractivity (Wildman–Crippen MR) is 125 cm³/mol. The minimum Gasteiger partial charge on any atom is -0.485 e. The Balaban J connectivity index is 1.27. The van der Waals surface area contributed by atoms with E-state index >= 15 is 0 Å². The van der Waals surface area contributed by atoms with Gasteiger partial charge in [-0.1, -0.05) is 47.7 Å². The molecule has 34 heavy (non-hydrogen) atoms. The van der Waals surface area contributed by atoms with E-state index in [4.69, 9.17) is 13.9 Å². The summed E-state index contributed by atoms with van der Waals surface area (Å²) in [6.45, 7) is 1.80. The summed E-state index contributed by atoms with van der Waals surface area (Å²) in [7, 11) is 0. The van der Waals surface area contributed by atoms with E-state index in [1.54, 1.807) is 24.3 Å². The molecule has 8 nitrogen and oxygen atoms in total. The molecule has 1 aliphatic heterocycles. The first-order chi connectivity index (χ1) is 16.5. The van der Waals surface area contributed by atoms with Crippen molar-refractivity contribution in [2.24, 2.45) is 0 Å². The Morgan fingerprint density at radius 3 is 2.65 bits per heavy atom. The summed E-state index contributed by atoms with van der Waals surface area (Å²) in [5.74, 6) is 2.89. The van der Waals surface area contributed by atoms with Crippen LogP contribution in [0.4, 0.5) is 0 Å². The molecule has 0 spiro atoms. The summed E-state index contributed by atoms with van der Waals surface area (Å²) in [6, 6.07) is 18.2. The van der Waals surface area contributed by atoms with Crippen molar-refractivity contribution in [1.82, 2.24) is 14.6 Å². The average molecular weight is 471 g/mol. The van der Waals surface area contributed by atoms with Crippen LogP contribution in [0.15, 0.2) is 69.9 Å². The molecular weight excluding hydrogens is 454 g/mol. The van der Waals surface area contributed by atoms with Crippen LogP contribution in [0.25, 0.3) is 22.4 Å². The van der Waals surface area contributed by atoms with Gasteiger partial charge in [0.05, 0.1) is 0 Å². The molecule has 2 aromatic carbocycles. The molecule has 0 radical (unpaired) electrons. The molecule has 3 aromatic heterocycles. The zero-order valence-electron chi connectivity index (χ0n) is 17.9. The fraction of sp³-hybridized carbons (Fsp3) is 0.120. The number of carbonyl (C=O) groups excluding carboxylic acids is 1. The fourth-order valence-corrected chi connectivity index (χ4v) is 4.61. The van der Waals surface area contributed by atoms with Crippen molar-refractivity contribution >= 4 is 28.2 Å². The lowest BCUT2D eigenvalue weighted by atomic mass is 10.1. The number of ketones is 1. The number of hydrogen-bond acceptors (Lipinski definition) is 8. The van der Waals surface area contributed by atoms with Crippen molar-refractivity contribution in [3.05, 3.63) is 92.7 Å². The van der Waals surface area contributed by atoms with Crippen LogP contribution in [0.5, 0.6) is 11.5 Å². The third kappa shape index (κ3) is 3.56. The zero-order valence-corrected chi connectivity index (χ0v) is 18.7. The van der Waals surface area contributed by atoms with Crippen LogP contribution in [-0.4, -0.2) is 27.0 Å². The van der Waals surface area contributed by atoms with Gasteiger partial charge in [-0.2, -0.15) is 9.50 Å². The number of benzene rings is 2. The first-order valence-corrected chi connectivity index (χ1v) is 11.4. The molecule has 0 saturated carbocycles. The maximum absolute atomic E-state index is 12.9. The number of nitrogens with zero attached hydrogens (tertiary/aromatic N) is 3. The van der Waals surface area contributed by atoms with Crippen molar-refractivity contribution in [3.8, 4) is 22.8 Å². The first-order valence-electron chi connectivity index (χ1n) is 10.6. The summed E-state index contributed by atoms with van der Waals surface area (Å²) in [6.07, 6.45) is 1.18. The molecule has 0 bridgehead atoms. The number of ether oxygens (including phenoxy) is 2. The van der Waals surface area contributed by atoms with Gasteiger partial charge in [-0.3, -0.25) is 9.59 Å². The Morgan fingerprint density at radius 1 is 1.09 bits per heavy atom. The van der Waals surface area contributed by atoms with Crippen molar-refractivity contribution in [2.75, 3.05) is 6.61 Å². The Hall–Kier alpha value is -4.24. The number of furan rings is 1. The second-order valence-electron chi connectivity index (χ2n) is 7.78. The molecule has 9 heteroatoms. The van der Waals surface area contributed by atoms with E-state index < -0.39 is 6.10 Å². The number of hydrogen-bond donors (Lipinski definition) is 0. The van der Waals surface area contributed by atoms with Gasteiger partial charge >= 0.3 is 0 Å². The monoisotopic (exact) mass is 471 g/mol. The smallest absolute Gasteiger partial charge is 0.291 e. The Bertz CT molecular complexity index is 1650. The summed E-state index contributed by atoms with van der Waals surface area (Å²) in [4.78, 5) is 29.3. The molecule has 0 fully saturated rings. The van der Waals surface area contributed by atoms with Gasteiger partial charge in [0.15, 0.2) is 29.2 Å². The van der Waals surface area contributed by atoms with E-state index in [-0.39, 0.29) is 17.9 Å². The normalized spacial score (nSPS) is 15.7. The molecule has 0 saturated heterocycles. The highest BCUT2D eigenvalue weighted by atomic mass is 32.1. The third-order valence-corrected chi connectivity index (χ3v) is 6.43. The molecule has 1 unspecified atom stereocenters. The molecule has 4 heterocycles. The lowest BCUT2D eigenvalue weighted by molar-refractivity contribution is 0.0852. The predicted octanol–water partition coefficient (Wildman–Crippen LogP) is 3.67. The van der Waals surface area contributed by atoms with E-state index in [0.29, 0.717) is 43.9 Å². The third-order valence-electron chi connectivity index (χ3n) is 5.47. The molecule has 0 amide bonds. The van der Waals surface area contributed by atoms with Gasteiger partial charge in [-0.15, -0.1) is 5.10 Å². The van der Waals surface area contributed by atoms with Crippen LogP contribution >= 0.6 is 11.3 Å². The number of carbonyl (C=O) groups is 1. The van der Waals surface area contributed by atoms with E-state index in [2.05, 4.69) is 10.1 Å². The number of rotatable bonds is 4. The Kier molecular flexibility index (Phi) is 4.77. The average Bonchev–Trinajstić information content (AvgIpc) is 3.56. The Labute approximate surface area is 196 Å². The van der Waals surface area contributed by atoms with Crippen molar-refractivity contribution in [2.45, 2.75) is 13.0 Å². The van der Waals surface area contributed by atoms with E-state index in [0.717, 1.165) is 5.56 Å².